The van der Waals surface area contributed by atoms with Crippen LogP contribution in [0.15, 0.2) is 18.2 Å². The third-order valence-electron chi connectivity index (χ3n) is 3.55. The van der Waals surface area contributed by atoms with Crippen molar-refractivity contribution in [1.29, 1.82) is 10.5 Å². The van der Waals surface area contributed by atoms with Gasteiger partial charge in [-0.3, -0.25) is 0 Å². The summed E-state index contributed by atoms with van der Waals surface area (Å²) in [5.41, 5.74) is 0.129. The lowest BCUT2D eigenvalue weighted by atomic mass is 9.93. The van der Waals surface area contributed by atoms with Crippen LogP contribution in [0.5, 0.6) is 11.5 Å². The molecule has 6 heteroatoms. The van der Waals surface area contributed by atoms with Crippen molar-refractivity contribution in [3.63, 3.8) is 0 Å². The van der Waals surface area contributed by atoms with Crippen molar-refractivity contribution in [3.05, 3.63) is 57.7 Å². The predicted molar refractivity (Wildman–Crippen MR) is 78.0 cm³/mol. The SMILES string of the molecule is COc1cc(C#N)c(Cc2ccc(C)c(F)c2F)c(C#N)c1O. The lowest BCUT2D eigenvalue weighted by Gasteiger charge is -2.13. The van der Waals surface area contributed by atoms with E-state index in [4.69, 9.17) is 4.74 Å². The molecule has 0 bridgehead atoms. The summed E-state index contributed by atoms with van der Waals surface area (Å²) in [7, 11) is 1.28. The molecule has 2 rings (SSSR count). The van der Waals surface area contributed by atoms with E-state index in [1.807, 2.05) is 6.07 Å². The molecule has 0 aromatic heterocycles. The lowest BCUT2D eigenvalue weighted by Crippen LogP contribution is -2.03. The summed E-state index contributed by atoms with van der Waals surface area (Å²) in [6.45, 7) is 1.43. The highest BCUT2D eigenvalue weighted by Gasteiger charge is 2.21. The molecule has 0 heterocycles. The monoisotopic (exact) mass is 314 g/mol. The number of aryl methyl sites for hydroxylation is 1. The Hall–Kier alpha value is -3.12. The van der Waals surface area contributed by atoms with E-state index in [9.17, 15) is 24.4 Å². The van der Waals surface area contributed by atoms with E-state index in [1.165, 1.54) is 32.2 Å². The zero-order valence-corrected chi connectivity index (χ0v) is 12.4. The van der Waals surface area contributed by atoms with Crippen molar-refractivity contribution in [1.82, 2.24) is 0 Å². The Bertz CT molecular complexity index is 865. The Balaban J connectivity index is 2.66. The second-order valence-corrected chi connectivity index (χ2v) is 4.90. The minimum Gasteiger partial charge on any atom is -0.503 e. The fourth-order valence-corrected chi connectivity index (χ4v) is 2.26. The van der Waals surface area contributed by atoms with Crippen LogP contribution in [0.25, 0.3) is 0 Å². The van der Waals surface area contributed by atoms with Crippen molar-refractivity contribution in [2.24, 2.45) is 0 Å². The standard InChI is InChI=1S/C17H12F2N2O2/c1-9-3-4-10(16(19)15(9)18)5-12-11(7-20)6-14(23-2)17(22)13(12)8-21/h3-4,6,22H,5H2,1-2H3. The van der Waals surface area contributed by atoms with E-state index in [0.717, 1.165) is 0 Å². The van der Waals surface area contributed by atoms with Gasteiger partial charge in [0.2, 0.25) is 0 Å². The third kappa shape index (κ3) is 2.79. The molecule has 0 radical (unpaired) electrons. The van der Waals surface area contributed by atoms with Gasteiger partial charge in [0.1, 0.15) is 11.6 Å². The van der Waals surface area contributed by atoms with Crippen LogP contribution in [0.1, 0.15) is 27.8 Å². The second kappa shape index (κ2) is 6.33. The maximum absolute atomic E-state index is 14.0. The van der Waals surface area contributed by atoms with E-state index in [1.54, 1.807) is 6.07 Å². The number of phenols is 1. The molecule has 4 nitrogen and oxygen atoms in total. The summed E-state index contributed by atoms with van der Waals surface area (Å²) in [5, 5.41) is 28.5. The van der Waals surface area contributed by atoms with Gasteiger partial charge in [0.05, 0.1) is 18.7 Å². The Kier molecular flexibility index (Phi) is 4.47. The number of rotatable bonds is 3. The highest BCUT2D eigenvalue weighted by molar-refractivity contribution is 5.62. The van der Waals surface area contributed by atoms with Crippen LogP contribution in [-0.4, -0.2) is 12.2 Å². The topological polar surface area (TPSA) is 77.0 Å². The Morgan fingerprint density at radius 1 is 1.17 bits per heavy atom. The van der Waals surface area contributed by atoms with Gasteiger partial charge in [0, 0.05) is 12.5 Å². The molecule has 0 aliphatic carbocycles. The fraction of sp³-hybridized carbons (Fsp3) is 0.176. The van der Waals surface area contributed by atoms with Crippen LogP contribution in [-0.2, 0) is 6.42 Å². The molecule has 0 unspecified atom stereocenters. The second-order valence-electron chi connectivity index (χ2n) is 4.90. The number of hydrogen-bond donors (Lipinski definition) is 1. The Morgan fingerprint density at radius 3 is 2.43 bits per heavy atom. The first-order chi connectivity index (χ1) is 10.9. The van der Waals surface area contributed by atoms with Gasteiger partial charge in [0.25, 0.3) is 0 Å². The van der Waals surface area contributed by atoms with Gasteiger partial charge in [-0.25, -0.2) is 8.78 Å². The molecule has 2 aromatic rings. The number of hydrogen-bond acceptors (Lipinski definition) is 4. The first kappa shape index (κ1) is 16.3. The molecule has 0 aliphatic rings. The van der Waals surface area contributed by atoms with Crippen molar-refractivity contribution >= 4 is 0 Å². The number of methoxy groups -OCH3 is 1. The quantitative estimate of drug-likeness (QED) is 0.942. The molecular formula is C17H12F2N2O2. The number of nitriles is 2. The summed E-state index contributed by atoms with van der Waals surface area (Å²) < 4.78 is 32.6. The summed E-state index contributed by atoms with van der Waals surface area (Å²) in [6, 6.07) is 7.72. The molecule has 1 N–H and O–H groups in total. The van der Waals surface area contributed by atoms with E-state index >= 15 is 0 Å². The lowest BCUT2D eigenvalue weighted by molar-refractivity contribution is 0.372. The van der Waals surface area contributed by atoms with E-state index < -0.39 is 17.4 Å². The first-order valence-electron chi connectivity index (χ1n) is 6.61. The van der Waals surface area contributed by atoms with Crippen molar-refractivity contribution < 1.29 is 18.6 Å². The van der Waals surface area contributed by atoms with E-state index in [2.05, 4.69) is 0 Å². The normalized spacial score (nSPS) is 10.0. The van der Waals surface area contributed by atoms with Gasteiger partial charge in [0.15, 0.2) is 23.1 Å². The van der Waals surface area contributed by atoms with Crippen LogP contribution < -0.4 is 4.74 Å². The first-order valence-corrected chi connectivity index (χ1v) is 6.61. The fourth-order valence-electron chi connectivity index (χ4n) is 2.26. The molecule has 0 fully saturated rings. The maximum Gasteiger partial charge on any atom is 0.176 e. The molecule has 0 saturated heterocycles. The number of nitrogens with zero attached hydrogens (tertiary/aromatic N) is 2. The molecule has 0 aliphatic heterocycles. The molecule has 0 spiro atoms. The highest BCUT2D eigenvalue weighted by atomic mass is 19.2. The smallest absolute Gasteiger partial charge is 0.176 e. The van der Waals surface area contributed by atoms with Crippen molar-refractivity contribution in [3.8, 4) is 23.6 Å². The predicted octanol–water partition coefficient (Wildman–Crippen LogP) is 3.32. The van der Waals surface area contributed by atoms with Crippen LogP contribution in [0, 0.1) is 41.2 Å². The molecule has 0 amide bonds. The molecular weight excluding hydrogens is 302 g/mol. The number of benzene rings is 2. The Morgan fingerprint density at radius 2 is 1.87 bits per heavy atom. The van der Waals surface area contributed by atoms with Crippen LogP contribution in [0.3, 0.4) is 0 Å². The zero-order valence-electron chi connectivity index (χ0n) is 12.4. The van der Waals surface area contributed by atoms with Crippen molar-refractivity contribution in [2.75, 3.05) is 7.11 Å². The molecule has 23 heavy (non-hydrogen) atoms. The largest absolute Gasteiger partial charge is 0.503 e. The number of halogens is 2. The molecule has 2 aromatic carbocycles. The van der Waals surface area contributed by atoms with Gasteiger partial charge in [-0.2, -0.15) is 10.5 Å². The van der Waals surface area contributed by atoms with Crippen LogP contribution in [0.4, 0.5) is 8.78 Å². The number of ether oxygens (including phenoxy) is 1. The highest BCUT2D eigenvalue weighted by Crippen LogP contribution is 2.35. The molecule has 116 valence electrons. The summed E-state index contributed by atoms with van der Waals surface area (Å²) in [5.74, 6) is -2.47. The van der Waals surface area contributed by atoms with Gasteiger partial charge in [-0.1, -0.05) is 12.1 Å². The van der Waals surface area contributed by atoms with Crippen LogP contribution in [0.2, 0.25) is 0 Å². The van der Waals surface area contributed by atoms with Gasteiger partial charge in [-0.05, 0) is 23.6 Å². The van der Waals surface area contributed by atoms with Gasteiger partial charge >= 0.3 is 0 Å². The summed E-state index contributed by atoms with van der Waals surface area (Å²) in [6.07, 6.45) is -0.202. The third-order valence-corrected chi connectivity index (χ3v) is 3.55. The van der Waals surface area contributed by atoms with E-state index in [-0.39, 0.29) is 40.0 Å². The molecule has 0 saturated carbocycles. The summed E-state index contributed by atoms with van der Waals surface area (Å²) >= 11 is 0. The minimum absolute atomic E-state index is 0.00864. The number of phenolic OH excluding ortho intramolecular Hbond substituents is 1. The van der Waals surface area contributed by atoms with Gasteiger partial charge < -0.3 is 9.84 Å². The average Bonchev–Trinajstić information content (AvgIpc) is 2.55. The summed E-state index contributed by atoms with van der Waals surface area (Å²) in [4.78, 5) is 0. The van der Waals surface area contributed by atoms with Crippen LogP contribution >= 0.6 is 0 Å². The average molecular weight is 314 g/mol. The van der Waals surface area contributed by atoms with E-state index in [0.29, 0.717) is 0 Å². The Labute approximate surface area is 131 Å². The minimum atomic E-state index is -1.03. The number of aromatic hydroxyl groups is 1. The maximum atomic E-state index is 14.0. The molecule has 0 atom stereocenters. The zero-order chi connectivity index (χ0) is 17.1. The van der Waals surface area contributed by atoms with Gasteiger partial charge in [-0.15, -0.1) is 0 Å². The van der Waals surface area contributed by atoms with Crippen molar-refractivity contribution in [2.45, 2.75) is 13.3 Å².